The van der Waals surface area contributed by atoms with Crippen LogP contribution < -0.4 is 5.32 Å². The first-order chi connectivity index (χ1) is 9.43. The lowest BCUT2D eigenvalue weighted by Crippen LogP contribution is -2.35. The number of halogens is 2. The Kier molecular flexibility index (Phi) is 4.65. The van der Waals surface area contributed by atoms with Crippen molar-refractivity contribution in [3.8, 4) is 0 Å². The summed E-state index contributed by atoms with van der Waals surface area (Å²) in [6.45, 7) is 4.38. The average molecular weight is 300 g/mol. The van der Waals surface area contributed by atoms with E-state index >= 15 is 0 Å². The van der Waals surface area contributed by atoms with E-state index in [0.717, 1.165) is 12.1 Å². The molecule has 0 aromatic heterocycles. The van der Waals surface area contributed by atoms with Crippen LogP contribution in [0.5, 0.6) is 0 Å². The van der Waals surface area contributed by atoms with Crippen molar-refractivity contribution >= 4 is 17.7 Å². The number of hydrogen-bond acceptors (Lipinski definition) is 3. The van der Waals surface area contributed by atoms with Gasteiger partial charge in [0.2, 0.25) is 5.91 Å². The van der Waals surface area contributed by atoms with E-state index < -0.39 is 17.8 Å². The molecule has 3 atom stereocenters. The van der Waals surface area contributed by atoms with Gasteiger partial charge in [-0.1, -0.05) is 13.0 Å². The second-order valence-corrected chi connectivity index (χ2v) is 6.28. The predicted octanol–water partition coefficient (Wildman–Crippen LogP) is 2.54. The molecular weight excluding hydrogens is 282 g/mol. The Balaban J connectivity index is 2.27. The summed E-state index contributed by atoms with van der Waals surface area (Å²) in [6.07, 6.45) is 1.58. The highest BCUT2D eigenvalue weighted by Crippen LogP contribution is 2.27. The Morgan fingerprint density at radius 2 is 2.10 bits per heavy atom. The molecule has 0 radical (unpaired) electrons. The molecule has 2 rings (SSSR count). The van der Waals surface area contributed by atoms with Crippen molar-refractivity contribution in [1.82, 2.24) is 10.2 Å². The molecular formula is C14H18F2N2OS. The zero-order chi connectivity index (χ0) is 14.9. The number of thioether (sulfide) groups is 1. The molecule has 1 aliphatic heterocycles. The monoisotopic (exact) mass is 300 g/mol. The van der Waals surface area contributed by atoms with Gasteiger partial charge in [0.25, 0.3) is 0 Å². The van der Waals surface area contributed by atoms with Crippen molar-refractivity contribution in [3.05, 3.63) is 35.4 Å². The summed E-state index contributed by atoms with van der Waals surface area (Å²) in [4.78, 5) is 13.9. The van der Waals surface area contributed by atoms with Gasteiger partial charge < -0.3 is 4.90 Å². The van der Waals surface area contributed by atoms with Gasteiger partial charge in [-0.15, -0.1) is 0 Å². The Morgan fingerprint density at radius 1 is 1.40 bits per heavy atom. The third-order valence-corrected chi connectivity index (χ3v) is 4.44. The lowest BCUT2D eigenvalue weighted by Gasteiger charge is -2.27. The van der Waals surface area contributed by atoms with Gasteiger partial charge in [0.15, 0.2) is 11.6 Å². The van der Waals surface area contributed by atoms with Crippen molar-refractivity contribution in [1.29, 1.82) is 0 Å². The third-order valence-electron chi connectivity index (χ3n) is 3.49. The van der Waals surface area contributed by atoms with E-state index in [4.69, 9.17) is 0 Å². The second-order valence-electron chi connectivity index (χ2n) is 5.00. The van der Waals surface area contributed by atoms with Crippen molar-refractivity contribution in [3.63, 3.8) is 0 Å². The molecule has 1 aromatic carbocycles. The summed E-state index contributed by atoms with van der Waals surface area (Å²) in [6, 6.07) is 3.44. The number of rotatable bonds is 4. The summed E-state index contributed by atoms with van der Waals surface area (Å²) >= 11 is 1.66. The van der Waals surface area contributed by atoms with Crippen molar-refractivity contribution in [2.45, 2.75) is 31.3 Å². The predicted molar refractivity (Wildman–Crippen MR) is 76.4 cm³/mol. The molecule has 1 saturated heterocycles. The fourth-order valence-corrected chi connectivity index (χ4v) is 2.59. The van der Waals surface area contributed by atoms with Crippen molar-refractivity contribution in [2.75, 3.05) is 12.8 Å². The average Bonchev–Trinajstić information content (AvgIpc) is 2.70. The molecule has 3 unspecified atom stereocenters. The Morgan fingerprint density at radius 3 is 2.70 bits per heavy atom. The van der Waals surface area contributed by atoms with Gasteiger partial charge >= 0.3 is 0 Å². The van der Waals surface area contributed by atoms with Gasteiger partial charge in [-0.2, -0.15) is 11.8 Å². The number of nitrogens with zero attached hydrogens (tertiary/aromatic N) is 1. The molecule has 0 aliphatic carbocycles. The van der Waals surface area contributed by atoms with Gasteiger partial charge in [-0.3, -0.25) is 10.1 Å². The zero-order valence-electron chi connectivity index (χ0n) is 11.7. The quantitative estimate of drug-likeness (QED) is 0.927. The largest absolute Gasteiger partial charge is 0.320 e. The third kappa shape index (κ3) is 2.96. The lowest BCUT2D eigenvalue weighted by molar-refractivity contribution is -0.129. The maximum atomic E-state index is 13.4. The topological polar surface area (TPSA) is 32.3 Å². The smallest absolute Gasteiger partial charge is 0.241 e. The minimum absolute atomic E-state index is 0.0133. The minimum Gasteiger partial charge on any atom is -0.320 e. The minimum atomic E-state index is -0.894. The van der Waals surface area contributed by atoms with E-state index in [1.165, 1.54) is 6.07 Å². The number of benzene rings is 1. The van der Waals surface area contributed by atoms with Crippen LogP contribution in [0.4, 0.5) is 8.78 Å². The molecule has 20 heavy (non-hydrogen) atoms. The summed E-state index contributed by atoms with van der Waals surface area (Å²) in [5.41, 5.74) is 0.565. The maximum absolute atomic E-state index is 13.4. The second kappa shape index (κ2) is 6.10. The highest BCUT2D eigenvalue weighted by molar-refractivity contribution is 7.99. The molecule has 1 fully saturated rings. The summed E-state index contributed by atoms with van der Waals surface area (Å²) in [5.74, 6) is -1.79. The normalized spacial score (nSPS) is 24.2. The zero-order valence-corrected chi connectivity index (χ0v) is 12.5. The maximum Gasteiger partial charge on any atom is 0.241 e. The number of nitrogens with one attached hydrogen (secondary N) is 1. The first kappa shape index (κ1) is 15.3. The van der Waals surface area contributed by atoms with Crippen LogP contribution >= 0.6 is 11.8 Å². The molecule has 1 aliphatic rings. The van der Waals surface area contributed by atoms with Gasteiger partial charge in [0, 0.05) is 11.8 Å². The SMILES string of the molecule is CSC(C)CN1C(=O)C(C)NC1c1ccc(F)c(F)c1. The highest BCUT2D eigenvalue weighted by atomic mass is 32.2. The van der Waals surface area contributed by atoms with Crippen LogP contribution in [-0.2, 0) is 4.79 Å². The Bertz CT molecular complexity index is 512. The molecule has 0 spiro atoms. The van der Waals surface area contributed by atoms with E-state index in [0.29, 0.717) is 12.1 Å². The van der Waals surface area contributed by atoms with Crippen molar-refractivity contribution < 1.29 is 13.6 Å². The number of carbonyl (C=O) groups excluding carboxylic acids is 1. The summed E-state index contributed by atoms with van der Waals surface area (Å²) in [7, 11) is 0. The van der Waals surface area contributed by atoms with Crippen LogP contribution in [0.15, 0.2) is 18.2 Å². The molecule has 1 aromatic rings. The van der Waals surface area contributed by atoms with Gasteiger partial charge in [-0.05, 0) is 30.9 Å². The van der Waals surface area contributed by atoms with E-state index in [2.05, 4.69) is 5.32 Å². The lowest BCUT2D eigenvalue weighted by atomic mass is 10.1. The highest BCUT2D eigenvalue weighted by Gasteiger charge is 2.37. The number of amides is 1. The van der Waals surface area contributed by atoms with E-state index in [1.807, 2.05) is 13.2 Å². The molecule has 3 nitrogen and oxygen atoms in total. The molecule has 6 heteroatoms. The van der Waals surface area contributed by atoms with E-state index in [9.17, 15) is 13.6 Å². The number of carbonyl (C=O) groups is 1. The van der Waals surface area contributed by atoms with Crippen molar-refractivity contribution in [2.24, 2.45) is 0 Å². The first-order valence-electron chi connectivity index (χ1n) is 6.48. The number of hydrogen-bond donors (Lipinski definition) is 1. The van der Waals surface area contributed by atoms with Crippen LogP contribution in [-0.4, -0.2) is 34.9 Å². The van der Waals surface area contributed by atoms with Crippen LogP contribution in [0.3, 0.4) is 0 Å². The van der Waals surface area contributed by atoms with E-state index in [1.54, 1.807) is 23.6 Å². The molecule has 1 amide bonds. The molecule has 1 heterocycles. The molecule has 0 saturated carbocycles. The Labute approximate surface area is 121 Å². The first-order valence-corrected chi connectivity index (χ1v) is 7.77. The van der Waals surface area contributed by atoms with E-state index in [-0.39, 0.29) is 17.2 Å². The molecule has 0 bridgehead atoms. The van der Waals surface area contributed by atoms with Crippen LogP contribution in [0.1, 0.15) is 25.6 Å². The van der Waals surface area contributed by atoms with Gasteiger partial charge in [-0.25, -0.2) is 8.78 Å². The van der Waals surface area contributed by atoms with Crippen LogP contribution in [0, 0.1) is 11.6 Å². The van der Waals surface area contributed by atoms with Gasteiger partial charge in [0.05, 0.1) is 6.04 Å². The fraction of sp³-hybridized carbons (Fsp3) is 0.500. The van der Waals surface area contributed by atoms with Crippen LogP contribution in [0.25, 0.3) is 0 Å². The summed E-state index contributed by atoms with van der Waals surface area (Å²) < 4.78 is 26.4. The molecule has 1 N–H and O–H groups in total. The summed E-state index contributed by atoms with van der Waals surface area (Å²) in [5, 5.41) is 3.40. The van der Waals surface area contributed by atoms with Gasteiger partial charge in [0.1, 0.15) is 6.17 Å². The molecule has 110 valence electrons. The fourth-order valence-electron chi connectivity index (χ4n) is 2.28. The van der Waals surface area contributed by atoms with Crippen LogP contribution in [0.2, 0.25) is 0 Å². The standard InChI is InChI=1S/C14H18F2N2OS/c1-8(20-3)7-18-13(17-9(2)14(18)19)10-4-5-11(15)12(16)6-10/h4-6,8-9,13,17H,7H2,1-3H3. The Hall–Kier alpha value is -1.14.